The maximum absolute atomic E-state index is 5.82. The quantitative estimate of drug-likeness (QED) is 0.840. The van der Waals surface area contributed by atoms with Gasteiger partial charge < -0.3 is 10.1 Å². The summed E-state index contributed by atoms with van der Waals surface area (Å²) in [5.41, 5.74) is 2.30. The van der Waals surface area contributed by atoms with E-state index >= 15 is 0 Å². The summed E-state index contributed by atoms with van der Waals surface area (Å²) in [6, 6.07) is 18.7. The van der Waals surface area contributed by atoms with Crippen LogP contribution in [0.4, 0.5) is 5.69 Å². The summed E-state index contributed by atoms with van der Waals surface area (Å²) in [7, 11) is 0. The highest BCUT2D eigenvalue weighted by atomic mass is 16.5. The number of hydrogen-bond acceptors (Lipinski definition) is 2. The first kappa shape index (κ1) is 13.5. The number of nitrogens with one attached hydrogen (secondary N) is 1. The van der Waals surface area contributed by atoms with E-state index in [1.54, 1.807) is 0 Å². The molecule has 2 heteroatoms. The second kappa shape index (κ2) is 6.28. The first-order chi connectivity index (χ1) is 9.16. The van der Waals surface area contributed by atoms with E-state index in [2.05, 4.69) is 42.6 Å². The molecule has 0 spiro atoms. The van der Waals surface area contributed by atoms with Crippen LogP contribution in [0.25, 0.3) is 0 Å². The van der Waals surface area contributed by atoms with E-state index in [1.165, 1.54) is 5.56 Å². The fourth-order valence-corrected chi connectivity index (χ4v) is 2.00. The minimum absolute atomic E-state index is 0.176. The van der Waals surface area contributed by atoms with Gasteiger partial charge in [0.15, 0.2) is 0 Å². The van der Waals surface area contributed by atoms with E-state index in [-0.39, 0.29) is 12.1 Å². The van der Waals surface area contributed by atoms with Crippen LogP contribution in [0.15, 0.2) is 54.6 Å². The summed E-state index contributed by atoms with van der Waals surface area (Å²) >= 11 is 0. The van der Waals surface area contributed by atoms with Gasteiger partial charge in [0.1, 0.15) is 5.75 Å². The van der Waals surface area contributed by atoms with Crippen molar-refractivity contribution in [2.45, 2.75) is 32.9 Å². The fraction of sp³-hybridized carbons (Fsp3) is 0.294. The Labute approximate surface area is 115 Å². The van der Waals surface area contributed by atoms with Crippen molar-refractivity contribution < 1.29 is 4.74 Å². The van der Waals surface area contributed by atoms with Gasteiger partial charge in [-0.25, -0.2) is 0 Å². The molecule has 2 aromatic rings. The second-order valence-electron chi connectivity index (χ2n) is 4.94. The molecule has 0 saturated heterocycles. The van der Waals surface area contributed by atoms with Crippen molar-refractivity contribution in [2.75, 3.05) is 5.32 Å². The van der Waals surface area contributed by atoms with E-state index in [1.807, 2.05) is 38.1 Å². The van der Waals surface area contributed by atoms with Crippen molar-refractivity contribution in [3.05, 3.63) is 60.2 Å². The number of para-hydroxylation sites is 2. The van der Waals surface area contributed by atoms with Crippen LogP contribution in [0.2, 0.25) is 0 Å². The van der Waals surface area contributed by atoms with E-state index in [0.29, 0.717) is 0 Å². The van der Waals surface area contributed by atoms with E-state index in [0.717, 1.165) is 11.4 Å². The van der Waals surface area contributed by atoms with Gasteiger partial charge in [-0.3, -0.25) is 0 Å². The molecule has 19 heavy (non-hydrogen) atoms. The summed E-state index contributed by atoms with van der Waals surface area (Å²) < 4.78 is 5.82. The molecule has 1 unspecified atom stereocenters. The Kier molecular flexibility index (Phi) is 4.45. The van der Waals surface area contributed by atoms with Gasteiger partial charge in [0, 0.05) is 6.04 Å². The number of rotatable bonds is 5. The van der Waals surface area contributed by atoms with Gasteiger partial charge in [-0.05, 0) is 38.5 Å². The van der Waals surface area contributed by atoms with Crippen LogP contribution in [0.3, 0.4) is 0 Å². The molecule has 0 aliphatic rings. The van der Waals surface area contributed by atoms with E-state index < -0.39 is 0 Å². The molecule has 0 radical (unpaired) electrons. The SMILES string of the molecule is CC(C)Oc1ccccc1NC(C)c1ccccc1. The maximum atomic E-state index is 5.82. The molecule has 1 N–H and O–H groups in total. The van der Waals surface area contributed by atoms with E-state index in [9.17, 15) is 0 Å². The van der Waals surface area contributed by atoms with Gasteiger partial charge in [-0.15, -0.1) is 0 Å². The Morgan fingerprint density at radius 3 is 2.16 bits per heavy atom. The van der Waals surface area contributed by atoms with Gasteiger partial charge >= 0.3 is 0 Å². The highest BCUT2D eigenvalue weighted by Crippen LogP contribution is 2.28. The third kappa shape index (κ3) is 3.75. The fourth-order valence-electron chi connectivity index (χ4n) is 2.00. The van der Waals surface area contributed by atoms with Crippen LogP contribution in [-0.2, 0) is 0 Å². The molecule has 0 aromatic heterocycles. The van der Waals surface area contributed by atoms with Crippen LogP contribution < -0.4 is 10.1 Å². The molecule has 2 aromatic carbocycles. The smallest absolute Gasteiger partial charge is 0.142 e. The van der Waals surface area contributed by atoms with Gasteiger partial charge in [0.2, 0.25) is 0 Å². The van der Waals surface area contributed by atoms with Crippen LogP contribution in [0, 0.1) is 0 Å². The lowest BCUT2D eigenvalue weighted by molar-refractivity contribution is 0.243. The summed E-state index contributed by atoms with van der Waals surface area (Å²) in [4.78, 5) is 0. The summed E-state index contributed by atoms with van der Waals surface area (Å²) in [6.45, 7) is 6.23. The first-order valence-corrected chi connectivity index (χ1v) is 6.74. The monoisotopic (exact) mass is 255 g/mol. The van der Waals surface area contributed by atoms with Gasteiger partial charge in [0.05, 0.1) is 11.8 Å². The molecule has 1 atom stereocenters. The minimum atomic E-state index is 0.176. The Balaban J connectivity index is 2.15. The molecule has 2 rings (SSSR count). The molecule has 0 fully saturated rings. The predicted octanol–water partition coefficient (Wildman–Crippen LogP) is 4.65. The average molecular weight is 255 g/mol. The Hall–Kier alpha value is -1.96. The molecule has 0 amide bonds. The minimum Gasteiger partial charge on any atom is -0.489 e. The summed E-state index contributed by atoms with van der Waals surface area (Å²) in [5, 5.41) is 3.51. The van der Waals surface area contributed by atoms with Gasteiger partial charge in [-0.2, -0.15) is 0 Å². The van der Waals surface area contributed by atoms with Crippen molar-refractivity contribution in [3.63, 3.8) is 0 Å². The number of anilines is 1. The molecule has 2 nitrogen and oxygen atoms in total. The zero-order valence-corrected chi connectivity index (χ0v) is 11.8. The van der Waals surface area contributed by atoms with Crippen LogP contribution in [-0.4, -0.2) is 6.10 Å². The third-order valence-electron chi connectivity index (χ3n) is 2.92. The number of hydrogen-bond donors (Lipinski definition) is 1. The first-order valence-electron chi connectivity index (χ1n) is 6.74. The predicted molar refractivity (Wildman–Crippen MR) is 80.7 cm³/mol. The summed E-state index contributed by atoms with van der Waals surface area (Å²) in [5.74, 6) is 0.903. The Morgan fingerprint density at radius 2 is 1.47 bits per heavy atom. The Bertz CT molecular complexity index is 508. The Morgan fingerprint density at radius 1 is 0.842 bits per heavy atom. The zero-order chi connectivity index (χ0) is 13.7. The lowest BCUT2D eigenvalue weighted by Gasteiger charge is -2.19. The van der Waals surface area contributed by atoms with Gasteiger partial charge in [0.25, 0.3) is 0 Å². The van der Waals surface area contributed by atoms with Crippen molar-refractivity contribution in [3.8, 4) is 5.75 Å². The van der Waals surface area contributed by atoms with Crippen molar-refractivity contribution in [1.82, 2.24) is 0 Å². The third-order valence-corrected chi connectivity index (χ3v) is 2.92. The highest BCUT2D eigenvalue weighted by Gasteiger charge is 2.09. The average Bonchev–Trinajstić information content (AvgIpc) is 2.41. The normalized spacial score (nSPS) is 12.2. The number of ether oxygens (including phenoxy) is 1. The molecule has 0 heterocycles. The molecule has 0 saturated carbocycles. The zero-order valence-electron chi connectivity index (χ0n) is 11.8. The standard InChI is InChI=1S/C17H21NO/c1-13(2)19-17-12-8-7-11-16(17)18-14(3)15-9-5-4-6-10-15/h4-14,18H,1-3H3. The van der Waals surface area contributed by atoms with Crippen LogP contribution in [0.1, 0.15) is 32.4 Å². The van der Waals surface area contributed by atoms with Crippen molar-refractivity contribution in [1.29, 1.82) is 0 Å². The molecule has 0 bridgehead atoms. The molecule has 0 aliphatic heterocycles. The largest absolute Gasteiger partial charge is 0.489 e. The van der Waals surface area contributed by atoms with Crippen molar-refractivity contribution >= 4 is 5.69 Å². The number of benzene rings is 2. The van der Waals surface area contributed by atoms with Gasteiger partial charge in [-0.1, -0.05) is 42.5 Å². The van der Waals surface area contributed by atoms with Crippen LogP contribution in [0.5, 0.6) is 5.75 Å². The molecule has 100 valence electrons. The second-order valence-corrected chi connectivity index (χ2v) is 4.94. The van der Waals surface area contributed by atoms with Crippen molar-refractivity contribution in [2.24, 2.45) is 0 Å². The topological polar surface area (TPSA) is 21.3 Å². The molecule has 0 aliphatic carbocycles. The highest BCUT2D eigenvalue weighted by molar-refractivity contribution is 5.57. The lowest BCUT2D eigenvalue weighted by Crippen LogP contribution is -2.11. The summed E-state index contributed by atoms with van der Waals surface area (Å²) in [6.07, 6.45) is 0.176. The maximum Gasteiger partial charge on any atom is 0.142 e. The molecular weight excluding hydrogens is 234 g/mol. The lowest BCUT2D eigenvalue weighted by atomic mass is 10.1. The van der Waals surface area contributed by atoms with Crippen LogP contribution >= 0.6 is 0 Å². The molecular formula is C17H21NO. The van der Waals surface area contributed by atoms with E-state index in [4.69, 9.17) is 4.74 Å².